The SMILES string of the molecule is CC(=O)N(Cc1ccc2c3c(c(Cl)nc2c1)COC3)c1ccc2sc(C3CCN(C(=O)OC(C)(C)C)CC3)nc2c1. The number of carbonyl (C=O) groups excluding carboxylic acids is 2. The first-order valence-corrected chi connectivity index (χ1v) is 15.1. The van der Waals surface area contributed by atoms with Crippen molar-refractivity contribution in [2.24, 2.45) is 0 Å². The summed E-state index contributed by atoms with van der Waals surface area (Å²) in [5.41, 5.74) is 5.00. The third-order valence-electron chi connectivity index (χ3n) is 7.63. The number of aromatic nitrogens is 2. The van der Waals surface area contributed by atoms with Gasteiger partial charge in [0.2, 0.25) is 5.91 Å². The van der Waals surface area contributed by atoms with Crippen molar-refractivity contribution in [3.8, 4) is 0 Å². The Labute approximate surface area is 248 Å². The second-order valence-corrected chi connectivity index (χ2v) is 13.2. The van der Waals surface area contributed by atoms with Gasteiger partial charge in [-0.1, -0.05) is 23.7 Å². The summed E-state index contributed by atoms with van der Waals surface area (Å²) in [4.78, 5) is 38.4. The van der Waals surface area contributed by atoms with E-state index in [9.17, 15) is 9.59 Å². The van der Waals surface area contributed by atoms with Crippen LogP contribution in [0.25, 0.3) is 21.1 Å². The summed E-state index contributed by atoms with van der Waals surface area (Å²) in [5, 5.41) is 2.59. The van der Waals surface area contributed by atoms with Gasteiger partial charge in [-0.3, -0.25) is 4.79 Å². The Kier molecular flexibility index (Phi) is 7.38. The molecular formula is C31H33ClN4O4S. The summed E-state index contributed by atoms with van der Waals surface area (Å²) in [6.45, 7) is 9.97. The molecule has 2 aliphatic rings. The third kappa shape index (κ3) is 5.76. The molecule has 2 aromatic carbocycles. The first-order chi connectivity index (χ1) is 19.6. The van der Waals surface area contributed by atoms with Gasteiger partial charge in [-0.15, -0.1) is 11.3 Å². The molecule has 41 heavy (non-hydrogen) atoms. The van der Waals surface area contributed by atoms with Crippen LogP contribution in [0.4, 0.5) is 10.5 Å². The lowest BCUT2D eigenvalue weighted by atomic mass is 9.98. The molecule has 4 heterocycles. The second kappa shape index (κ2) is 10.9. The fourth-order valence-corrected chi connectivity index (χ4v) is 6.91. The predicted octanol–water partition coefficient (Wildman–Crippen LogP) is 7.20. The smallest absolute Gasteiger partial charge is 0.410 e. The molecule has 0 unspecified atom stereocenters. The summed E-state index contributed by atoms with van der Waals surface area (Å²) in [6, 6.07) is 12.1. The number of fused-ring (bicyclic) bond motifs is 4. The van der Waals surface area contributed by atoms with E-state index in [1.165, 1.54) is 0 Å². The van der Waals surface area contributed by atoms with Crippen molar-refractivity contribution in [3.63, 3.8) is 0 Å². The van der Waals surface area contributed by atoms with Crippen molar-refractivity contribution in [3.05, 3.63) is 63.2 Å². The summed E-state index contributed by atoms with van der Waals surface area (Å²) in [7, 11) is 0. The number of benzene rings is 2. The Morgan fingerprint density at radius 1 is 1.07 bits per heavy atom. The van der Waals surface area contributed by atoms with Crippen molar-refractivity contribution in [2.75, 3.05) is 18.0 Å². The molecule has 2 aromatic heterocycles. The second-order valence-electron chi connectivity index (χ2n) is 11.8. The number of hydrogen-bond acceptors (Lipinski definition) is 7. The lowest BCUT2D eigenvalue weighted by Crippen LogP contribution is -2.41. The van der Waals surface area contributed by atoms with Crippen LogP contribution < -0.4 is 4.90 Å². The number of pyridine rings is 1. The van der Waals surface area contributed by atoms with Gasteiger partial charge in [0.15, 0.2) is 0 Å². The van der Waals surface area contributed by atoms with E-state index in [1.54, 1.807) is 28.1 Å². The van der Waals surface area contributed by atoms with E-state index >= 15 is 0 Å². The molecule has 214 valence electrons. The highest BCUT2D eigenvalue weighted by atomic mass is 35.5. The Morgan fingerprint density at radius 3 is 2.56 bits per heavy atom. The maximum Gasteiger partial charge on any atom is 0.410 e. The number of likely N-dealkylation sites (tertiary alicyclic amines) is 1. The zero-order chi connectivity index (χ0) is 28.9. The number of piperidine rings is 1. The van der Waals surface area contributed by atoms with Gasteiger partial charge in [0.05, 0.1) is 40.5 Å². The molecule has 10 heteroatoms. The molecule has 4 aromatic rings. The average molecular weight is 593 g/mol. The molecule has 0 bridgehead atoms. The van der Waals surface area contributed by atoms with Gasteiger partial charge in [0.25, 0.3) is 0 Å². The number of ether oxygens (including phenoxy) is 2. The van der Waals surface area contributed by atoms with Gasteiger partial charge < -0.3 is 19.3 Å². The fourth-order valence-electron chi connectivity index (χ4n) is 5.53. The van der Waals surface area contributed by atoms with Crippen molar-refractivity contribution < 1.29 is 19.1 Å². The third-order valence-corrected chi connectivity index (χ3v) is 9.14. The van der Waals surface area contributed by atoms with Crippen LogP contribution in [0.2, 0.25) is 5.15 Å². The average Bonchev–Trinajstić information content (AvgIpc) is 3.58. The number of hydrogen-bond donors (Lipinski definition) is 0. The Morgan fingerprint density at radius 2 is 1.83 bits per heavy atom. The minimum absolute atomic E-state index is 0.0530. The van der Waals surface area contributed by atoms with Crippen LogP contribution in [-0.4, -0.2) is 45.6 Å². The summed E-state index contributed by atoms with van der Waals surface area (Å²) in [5.74, 6) is 0.241. The normalized spacial score (nSPS) is 15.9. The number of halogens is 1. The molecule has 6 rings (SSSR count). The first kappa shape index (κ1) is 27.9. The quantitative estimate of drug-likeness (QED) is 0.233. The standard InChI is InChI=1S/C31H33ClN4O4S/c1-18(37)36(15-19-5-7-22-23-16-39-17-24(23)28(32)33-25(22)13-19)21-6-8-27-26(14-21)34-29(41-27)20-9-11-35(12-10-20)30(38)40-31(2,3)4/h5-8,13-14,20H,9-12,15-17H2,1-4H3. The highest BCUT2D eigenvalue weighted by Gasteiger charge is 2.29. The largest absolute Gasteiger partial charge is 0.444 e. The predicted molar refractivity (Wildman–Crippen MR) is 162 cm³/mol. The van der Waals surface area contributed by atoms with E-state index in [-0.39, 0.29) is 12.0 Å². The van der Waals surface area contributed by atoms with Crippen molar-refractivity contribution in [1.29, 1.82) is 0 Å². The van der Waals surface area contributed by atoms with Crippen LogP contribution >= 0.6 is 22.9 Å². The van der Waals surface area contributed by atoms with Gasteiger partial charge in [-0.25, -0.2) is 14.8 Å². The Balaban J connectivity index is 1.19. The summed E-state index contributed by atoms with van der Waals surface area (Å²) >= 11 is 8.11. The maximum atomic E-state index is 12.8. The molecule has 0 saturated carbocycles. The molecule has 0 radical (unpaired) electrons. The lowest BCUT2D eigenvalue weighted by Gasteiger charge is -2.32. The number of carbonyl (C=O) groups is 2. The van der Waals surface area contributed by atoms with E-state index in [2.05, 4.69) is 4.98 Å². The van der Waals surface area contributed by atoms with Crippen molar-refractivity contribution in [1.82, 2.24) is 14.9 Å². The highest BCUT2D eigenvalue weighted by Crippen LogP contribution is 2.36. The van der Waals surface area contributed by atoms with Crippen molar-refractivity contribution in [2.45, 2.75) is 71.8 Å². The number of rotatable bonds is 4. The van der Waals surface area contributed by atoms with Crippen LogP contribution in [0, 0.1) is 0 Å². The number of nitrogens with zero attached hydrogens (tertiary/aromatic N) is 4. The molecule has 8 nitrogen and oxygen atoms in total. The van der Waals surface area contributed by atoms with Crippen LogP contribution in [0.15, 0.2) is 36.4 Å². The topological polar surface area (TPSA) is 84.9 Å². The molecular weight excluding hydrogens is 560 g/mol. The van der Waals surface area contributed by atoms with E-state index in [0.29, 0.717) is 43.9 Å². The van der Waals surface area contributed by atoms with E-state index in [1.807, 2.05) is 57.2 Å². The molecule has 2 amide bonds. The van der Waals surface area contributed by atoms with E-state index in [0.717, 1.165) is 61.3 Å². The minimum atomic E-state index is -0.499. The van der Waals surface area contributed by atoms with E-state index < -0.39 is 5.60 Å². The molecule has 0 atom stereocenters. The van der Waals surface area contributed by atoms with Crippen molar-refractivity contribution >= 4 is 61.7 Å². The number of thiazole rings is 1. The molecule has 1 fully saturated rings. The summed E-state index contributed by atoms with van der Waals surface area (Å²) in [6.07, 6.45) is 1.44. The first-order valence-electron chi connectivity index (χ1n) is 13.9. The van der Waals surface area contributed by atoms with Gasteiger partial charge in [0, 0.05) is 42.6 Å². The zero-order valence-electron chi connectivity index (χ0n) is 23.7. The van der Waals surface area contributed by atoms with Crippen LogP contribution in [0.1, 0.15) is 68.2 Å². The maximum absolute atomic E-state index is 12.8. The number of amides is 2. The minimum Gasteiger partial charge on any atom is -0.444 e. The highest BCUT2D eigenvalue weighted by molar-refractivity contribution is 7.18. The molecule has 0 spiro atoms. The molecule has 2 aliphatic heterocycles. The van der Waals surface area contributed by atoms with E-state index in [4.69, 9.17) is 26.1 Å². The van der Waals surface area contributed by atoms with Crippen LogP contribution in [-0.2, 0) is 34.0 Å². The van der Waals surface area contributed by atoms with Gasteiger partial charge >= 0.3 is 6.09 Å². The lowest BCUT2D eigenvalue weighted by molar-refractivity contribution is -0.116. The van der Waals surface area contributed by atoms with Gasteiger partial charge in [0.1, 0.15) is 10.8 Å². The monoisotopic (exact) mass is 592 g/mol. The molecule has 0 aliphatic carbocycles. The Bertz CT molecular complexity index is 1660. The zero-order valence-corrected chi connectivity index (χ0v) is 25.3. The van der Waals surface area contributed by atoms with Gasteiger partial charge in [-0.2, -0.15) is 0 Å². The molecule has 1 saturated heterocycles. The Hall–Kier alpha value is -3.27. The fraction of sp³-hybridized carbons (Fsp3) is 0.419. The van der Waals surface area contributed by atoms with Crippen LogP contribution in [0.3, 0.4) is 0 Å². The molecule has 0 N–H and O–H groups in total. The summed E-state index contributed by atoms with van der Waals surface area (Å²) < 4.78 is 12.2. The van der Waals surface area contributed by atoms with Gasteiger partial charge in [-0.05, 0) is 69.0 Å². The number of anilines is 1. The van der Waals surface area contributed by atoms with Crippen LogP contribution in [0.5, 0.6) is 0 Å².